The Balaban J connectivity index is 1.74. The third-order valence-electron chi connectivity index (χ3n) is 7.43. The predicted octanol–water partition coefficient (Wildman–Crippen LogP) is 7.47. The number of hydrogen-bond donors (Lipinski definition) is 0. The molecule has 0 radical (unpaired) electrons. The van der Waals surface area contributed by atoms with E-state index in [0.717, 1.165) is 5.56 Å². The maximum Gasteiger partial charge on any atom is 0.339 e. The number of carbonyl (C=O) groups excluding carboxylic acids is 2. The summed E-state index contributed by atoms with van der Waals surface area (Å²) in [6.45, 7) is 9.81. The van der Waals surface area contributed by atoms with E-state index < -0.39 is 16.0 Å². The Bertz CT molecular complexity index is 1530. The highest BCUT2D eigenvalue weighted by Gasteiger charge is 2.49. The van der Waals surface area contributed by atoms with Gasteiger partial charge < -0.3 is 8.92 Å². The molecule has 206 valence electrons. The van der Waals surface area contributed by atoms with Crippen LogP contribution in [0.2, 0.25) is 10.0 Å². The van der Waals surface area contributed by atoms with Crippen LogP contribution in [0.5, 0.6) is 5.75 Å². The summed E-state index contributed by atoms with van der Waals surface area (Å²) in [5.41, 5.74) is 1.11. The first-order valence-corrected chi connectivity index (χ1v) is 14.9. The lowest BCUT2D eigenvalue weighted by molar-refractivity contribution is -0.120. The normalized spacial score (nSPS) is 20.9. The highest BCUT2D eigenvalue weighted by molar-refractivity contribution is 7.87. The molecule has 0 aromatic heterocycles. The van der Waals surface area contributed by atoms with Crippen LogP contribution in [0.3, 0.4) is 0 Å². The average molecular weight is 590 g/mol. The van der Waals surface area contributed by atoms with Crippen molar-refractivity contribution in [2.45, 2.75) is 71.1 Å². The van der Waals surface area contributed by atoms with Gasteiger partial charge in [-0.05, 0) is 42.0 Å². The number of halogens is 2. The summed E-state index contributed by atoms with van der Waals surface area (Å²) >= 11 is 13.0. The van der Waals surface area contributed by atoms with Crippen LogP contribution in [0.1, 0.15) is 70.4 Å². The standard InChI is InChI=1S/C30H30Cl2O6S/c1-16-6-8-18(9-7-16)39(35,36)38-28-19(10-17(31)11-20(28)32)25-26-21(33)12-29(2,3)14-23(26)37-24-15-30(4,5)13-22(34)27(24)25/h6-11,25H,12-15H2,1-5H3. The number of Topliss-reactive ketones (excluding diaryl/α,β-unsaturated/α-hetero) is 2. The molecule has 39 heavy (non-hydrogen) atoms. The Hall–Kier alpha value is -2.61. The van der Waals surface area contributed by atoms with Crippen LogP contribution in [0.15, 0.2) is 64.0 Å². The lowest BCUT2D eigenvalue weighted by Crippen LogP contribution is -2.37. The number of hydrogen-bond acceptors (Lipinski definition) is 6. The van der Waals surface area contributed by atoms with Crippen molar-refractivity contribution in [3.63, 3.8) is 0 Å². The molecule has 1 aliphatic heterocycles. The Labute approximate surface area is 239 Å². The van der Waals surface area contributed by atoms with E-state index in [2.05, 4.69) is 0 Å². The van der Waals surface area contributed by atoms with Gasteiger partial charge in [0.25, 0.3) is 0 Å². The summed E-state index contributed by atoms with van der Waals surface area (Å²) in [5.74, 6) is -0.432. The second-order valence-electron chi connectivity index (χ2n) is 12.2. The smallest absolute Gasteiger partial charge is 0.339 e. The zero-order valence-corrected chi connectivity index (χ0v) is 24.8. The van der Waals surface area contributed by atoms with Crippen molar-refractivity contribution < 1.29 is 26.9 Å². The van der Waals surface area contributed by atoms with E-state index in [9.17, 15) is 18.0 Å². The van der Waals surface area contributed by atoms with Gasteiger partial charge >= 0.3 is 10.1 Å². The summed E-state index contributed by atoms with van der Waals surface area (Å²) in [6.07, 6.45) is 1.48. The third-order valence-corrected chi connectivity index (χ3v) is 9.17. The molecule has 0 unspecified atom stereocenters. The summed E-state index contributed by atoms with van der Waals surface area (Å²) in [6, 6.07) is 9.13. The molecule has 0 N–H and O–H groups in total. The van der Waals surface area contributed by atoms with Gasteiger partial charge in [-0.1, -0.05) is 68.6 Å². The van der Waals surface area contributed by atoms with E-state index in [1.807, 2.05) is 34.6 Å². The van der Waals surface area contributed by atoms with E-state index in [1.165, 1.54) is 24.3 Å². The molecular formula is C30H30Cl2O6S. The second-order valence-corrected chi connectivity index (χ2v) is 14.6. The van der Waals surface area contributed by atoms with Crippen molar-refractivity contribution in [1.29, 1.82) is 0 Å². The van der Waals surface area contributed by atoms with Crippen LogP contribution in [0.4, 0.5) is 0 Å². The molecule has 2 aliphatic carbocycles. The van der Waals surface area contributed by atoms with E-state index in [4.69, 9.17) is 32.1 Å². The number of ether oxygens (including phenoxy) is 1. The predicted molar refractivity (Wildman–Crippen MR) is 149 cm³/mol. The van der Waals surface area contributed by atoms with Crippen molar-refractivity contribution in [2.24, 2.45) is 10.8 Å². The van der Waals surface area contributed by atoms with Crippen molar-refractivity contribution in [3.8, 4) is 5.75 Å². The zero-order valence-electron chi connectivity index (χ0n) is 22.5. The molecule has 0 amide bonds. The summed E-state index contributed by atoms with van der Waals surface area (Å²) in [7, 11) is -4.31. The molecule has 0 saturated carbocycles. The fourth-order valence-corrected chi connectivity index (χ4v) is 7.30. The van der Waals surface area contributed by atoms with Gasteiger partial charge in [-0.15, -0.1) is 0 Å². The number of carbonyl (C=O) groups is 2. The first-order valence-electron chi connectivity index (χ1n) is 12.8. The topological polar surface area (TPSA) is 86.7 Å². The van der Waals surface area contributed by atoms with Gasteiger partial charge in [-0.3, -0.25) is 9.59 Å². The molecule has 0 fully saturated rings. The minimum atomic E-state index is -4.31. The SMILES string of the molecule is Cc1ccc(S(=O)(=O)Oc2c(Cl)cc(Cl)cc2C2C3=C(CC(C)(C)CC3=O)OC3=C2C(=O)CC(C)(C)C3)cc1. The molecule has 2 aromatic rings. The van der Waals surface area contributed by atoms with Crippen LogP contribution >= 0.6 is 23.2 Å². The first kappa shape index (κ1) is 27.9. The molecule has 6 nitrogen and oxygen atoms in total. The van der Waals surface area contributed by atoms with E-state index in [1.54, 1.807) is 12.1 Å². The molecule has 0 bridgehead atoms. The lowest BCUT2D eigenvalue weighted by atomic mass is 9.65. The first-order chi connectivity index (χ1) is 18.1. The van der Waals surface area contributed by atoms with Crippen molar-refractivity contribution in [2.75, 3.05) is 0 Å². The maximum atomic E-state index is 13.7. The Kier molecular flexibility index (Phi) is 6.80. The van der Waals surface area contributed by atoms with Crippen LogP contribution in [0, 0.1) is 17.8 Å². The van der Waals surface area contributed by atoms with Crippen LogP contribution in [0.25, 0.3) is 0 Å². The quantitative estimate of drug-likeness (QED) is 0.344. The van der Waals surface area contributed by atoms with Gasteiger partial charge in [-0.25, -0.2) is 0 Å². The van der Waals surface area contributed by atoms with Crippen molar-refractivity contribution in [1.82, 2.24) is 0 Å². The Morgan fingerprint density at radius 3 is 1.87 bits per heavy atom. The zero-order chi connectivity index (χ0) is 28.5. The van der Waals surface area contributed by atoms with Crippen LogP contribution in [-0.4, -0.2) is 20.0 Å². The number of aryl methyl sites for hydroxylation is 1. The highest BCUT2D eigenvalue weighted by atomic mass is 35.5. The molecule has 1 heterocycles. The molecule has 5 rings (SSSR count). The van der Waals surface area contributed by atoms with Crippen molar-refractivity contribution in [3.05, 3.63) is 80.2 Å². The fraction of sp³-hybridized carbons (Fsp3) is 0.400. The minimum absolute atomic E-state index is 0.0452. The Morgan fingerprint density at radius 2 is 1.36 bits per heavy atom. The number of benzene rings is 2. The van der Waals surface area contributed by atoms with Gasteiger partial charge in [-0.2, -0.15) is 8.42 Å². The average Bonchev–Trinajstić information content (AvgIpc) is 2.78. The highest BCUT2D eigenvalue weighted by Crippen LogP contribution is 2.55. The van der Waals surface area contributed by atoms with E-state index in [0.29, 0.717) is 35.5 Å². The van der Waals surface area contributed by atoms with Gasteiger partial charge in [0, 0.05) is 47.4 Å². The third kappa shape index (κ3) is 5.29. The Morgan fingerprint density at radius 1 is 0.846 bits per heavy atom. The summed E-state index contributed by atoms with van der Waals surface area (Å²) in [5, 5.41) is 0.175. The second kappa shape index (κ2) is 9.50. The van der Waals surface area contributed by atoms with E-state index >= 15 is 0 Å². The van der Waals surface area contributed by atoms with Gasteiger partial charge in [0.1, 0.15) is 16.4 Å². The van der Waals surface area contributed by atoms with Gasteiger partial charge in [0.05, 0.1) is 10.9 Å². The number of allylic oxidation sites excluding steroid dienone is 4. The van der Waals surface area contributed by atoms with E-state index in [-0.39, 0.29) is 61.5 Å². The summed E-state index contributed by atoms with van der Waals surface area (Å²) < 4.78 is 38.7. The molecule has 9 heteroatoms. The molecule has 0 spiro atoms. The fourth-order valence-electron chi connectivity index (χ4n) is 5.73. The molecule has 2 aromatic carbocycles. The van der Waals surface area contributed by atoms with Crippen LogP contribution in [-0.2, 0) is 24.4 Å². The van der Waals surface area contributed by atoms with Crippen LogP contribution < -0.4 is 4.18 Å². The number of rotatable bonds is 4. The lowest BCUT2D eigenvalue weighted by Gasteiger charge is -2.43. The van der Waals surface area contributed by atoms with Gasteiger partial charge in [0.15, 0.2) is 17.3 Å². The van der Waals surface area contributed by atoms with Crippen molar-refractivity contribution >= 4 is 44.9 Å². The molecular weight excluding hydrogens is 559 g/mol. The molecule has 0 atom stereocenters. The monoisotopic (exact) mass is 588 g/mol. The minimum Gasteiger partial charge on any atom is -0.465 e. The maximum absolute atomic E-state index is 13.7. The van der Waals surface area contributed by atoms with Gasteiger partial charge in [0.2, 0.25) is 0 Å². The largest absolute Gasteiger partial charge is 0.465 e. The number of ketones is 2. The molecule has 3 aliphatic rings. The molecule has 0 saturated heterocycles. The summed E-state index contributed by atoms with van der Waals surface area (Å²) in [4.78, 5) is 27.3.